The van der Waals surface area contributed by atoms with Gasteiger partial charge in [0.25, 0.3) is 0 Å². The minimum atomic E-state index is -0.0589. The van der Waals surface area contributed by atoms with Crippen LogP contribution in [-0.2, 0) is 10.8 Å². The van der Waals surface area contributed by atoms with Gasteiger partial charge in [0.15, 0.2) is 22.9 Å². The van der Waals surface area contributed by atoms with Crippen molar-refractivity contribution in [1.29, 1.82) is 0 Å². The quantitative estimate of drug-likeness (QED) is 0.538. The summed E-state index contributed by atoms with van der Waals surface area (Å²) in [6.07, 6.45) is 2.10. The summed E-state index contributed by atoms with van der Waals surface area (Å²) < 4.78 is 25.3. The van der Waals surface area contributed by atoms with Crippen molar-refractivity contribution in [2.24, 2.45) is 0 Å². The summed E-state index contributed by atoms with van der Waals surface area (Å²) in [6, 6.07) is 8.32. The zero-order valence-corrected chi connectivity index (χ0v) is 21.8. The zero-order chi connectivity index (χ0) is 24.6. The normalized spacial score (nSPS) is 14.2. The van der Waals surface area contributed by atoms with Crippen LogP contribution in [0.15, 0.2) is 24.3 Å². The molecule has 0 spiro atoms. The monoisotopic (exact) mass is 455 g/mol. The first-order chi connectivity index (χ1) is 15.4. The molecule has 0 N–H and O–H groups in total. The van der Waals surface area contributed by atoms with Crippen LogP contribution in [0.1, 0.15) is 52.7 Å². The third-order valence-corrected chi connectivity index (χ3v) is 6.10. The van der Waals surface area contributed by atoms with E-state index in [-0.39, 0.29) is 10.8 Å². The summed E-state index contributed by atoms with van der Waals surface area (Å²) in [5, 5.41) is 0. The summed E-state index contributed by atoms with van der Waals surface area (Å²) in [4.78, 5) is 2.19. The number of benzene rings is 2. The van der Waals surface area contributed by atoms with Crippen molar-refractivity contribution in [3.05, 3.63) is 35.4 Å². The van der Waals surface area contributed by atoms with E-state index in [9.17, 15) is 0 Å². The molecule has 180 valence electrons. The van der Waals surface area contributed by atoms with Gasteiger partial charge in [-0.05, 0) is 23.0 Å². The standard InChI is InChI=1S/C27H39N2O4/c1-26(2,3)18-13-24(32-9)20(15-22(18)30-7)28-11-12-29(17-28)21-16-23(31-8)19(27(4,5)6)14-25(21)33-10/h13-17H,11-12H2,1-10H3/q+1. The molecule has 0 saturated carbocycles. The fourth-order valence-electron chi connectivity index (χ4n) is 4.25. The van der Waals surface area contributed by atoms with E-state index in [1.165, 1.54) is 0 Å². The molecule has 0 fully saturated rings. The van der Waals surface area contributed by atoms with Crippen molar-refractivity contribution in [3.8, 4) is 23.0 Å². The second kappa shape index (κ2) is 9.16. The van der Waals surface area contributed by atoms with Crippen LogP contribution in [0.25, 0.3) is 0 Å². The Kier molecular flexibility index (Phi) is 6.87. The fraction of sp³-hybridized carbons (Fsp3) is 0.519. The Labute approximate surface area is 198 Å². The van der Waals surface area contributed by atoms with E-state index < -0.39 is 0 Å². The van der Waals surface area contributed by atoms with Crippen LogP contribution in [0.5, 0.6) is 23.0 Å². The van der Waals surface area contributed by atoms with Crippen LogP contribution in [0.4, 0.5) is 11.4 Å². The number of rotatable bonds is 6. The van der Waals surface area contributed by atoms with Crippen LogP contribution < -0.4 is 23.8 Å². The van der Waals surface area contributed by atoms with Gasteiger partial charge in [-0.15, -0.1) is 0 Å². The molecule has 1 heterocycles. The number of ether oxygens (including phenoxy) is 4. The molecule has 2 aromatic carbocycles. The van der Waals surface area contributed by atoms with Crippen molar-refractivity contribution in [3.63, 3.8) is 0 Å². The minimum Gasteiger partial charge on any atom is -0.496 e. The molecule has 0 aliphatic carbocycles. The lowest BCUT2D eigenvalue weighted by molar-refractivity contribution is -0.424. The largest absolute Gasteiger partial charge is 0.496 e. The average Bonchev–Trinajstić information content (AvgIpc) is 3.25. The maximum absolute atomic E-state index is 5.79. The highest BCUT2D eigenvalue weighted by Gasteiger charge is 2.31. The van der Waals surface area contributed by atoms with Crippen molar-refractivity contribution >= 4 is 17.7 Å². The first kappa shape index (κ1) is 24.7. The smallest absolute Gasteiger partial charge is 0.245 e. The van der Waals surface area contributed by atoms with Gasteiger partial charge in [-0.2, -0.15) is 0 Å². The van der Waals surface area contributed by atoms with Crippen molar-refractivity contribution in [1.82, 2.24) is 0 Å². The molecule has 6 heteroatoms. The van der Waals surface area contributed by atoms with Gasteiger partial charge in [0.2, 0.25) is 6.34 Å². The summed E-state index contributed by atoms with van der Waals surface area (Å²) in [5.41, 5.74) is 4.06. The van der Waals surface area contributed by atoms with Crippen LogP contribution in [0.2, 0.25) is 0 Å². The van der Waals surface area contributed by atoms with Gasteiger partial charge in [0.1, 0.15) is 24.6 Å². The van der Waals surface area contributed by atoms with Crippen molar-refractivity contribution in [2.45, 2.75) is 52.4 Å². The lowest BCUT2D eigenvalue weighted by Gasteiger charge is -2.24. The lowest BCUT2D eigenvalue weighted by atomic mass is 9.86. The topological polar surface area (TPSA) is 43.2 Å². The van der Waals surface area contributed by atoms with E-state index in [0.717, 1.165) is 58.6 Å². The van der Waals surface area contributed by atoms with E-state index in [1.54, 1.807) is 28.4 Å². The SMILES string of the molecule is COc1cc(C(C)(C)C)c(OC)cc1N1C=[N+](c2cc(OC)c(C(C)(C)C)cc2OC)CC1. The number of methoxy groups -OCH3 is 4. The maximum atomic E-state index is 5.79. The molecule has 1 aliphatic rings. The molecule has 0 aromatic heterocycles. The Bertz CT molecular complexity index is 1050. The summed E-state index contributed by atoms with van der Waals surface area (Å²) in [6.45, 7) is 14.7. The van der Waals surface area contributed by atoms with E-state index >= 15 is 0 Å². The maximum Gasteiger partial charge on any atom is 0.245 e. The fourth-order valence-corrected chi connectivity index (χ4v) is 4.25. The molecule has 33 heavy (non-hydrogen) atoms. The summed E-state index contributed by atoms with van der Waals surface area (Å²) in [5.74, 6) is 3.37. The number of anilines is 1. The van der Waals surface area contributed by atoms with Gasteiger partial charge in [-0.3, -0.25) is 0 Å². The Morgan fingerprint density at radius 3 is 1.64 bits per heavy atom. The van der Waals surface area contributed by atoms with Crippen LogP contribution >= 0.6 is 0 Å². The van der Waals surface area contributed by atoms with Crippen LogP contribution in [0, 0.1) is 0 Å². The molecule has 3 rings (SSSR count). The highest BCUT2D eigenvalue weighted by molar-refractivity contribution is 5.83. The first-order valence-corrected chi connectivity index (χ1v) is 11.4. The average molecular weight is 456 g/mol. The van der Waals surface area contributed by atoms with E-state index in [4.69, 9.17) is 18.9 Å². The molecule has 6 nitrogen and oxygen atoms in total. The highest BCUT2D eigenvalue weighted by atomic mass is 16.5. The molecule has 2 aromatic rings. The molecule has 0 amide bonds. The highest BCUT2D eigenvalue weighted by Crippen LogP contribution is 2.43. The molecule has 0 saturated heterocycles. The Balaban J connectivity index is 2.08. The molecule has 1 aliphatic heterocycles. The molecule has 0 bridgehead atoms. The first-order valence-electron chi connectivity index (χ1n) is 11.4. The number of hydrogen-bond acceptors (Lipinski definition) is 5. The Hall–Kier alpha value is -2.89. The van der Waals surface area contributed by atoms with Gasteiger partial charge < -0.3 is 18.9 Å². The summed E-state index contributed by atoms with van der Waals surface area (Å²) >= 11 is 0. The second-order valence-corrected chi connectivity index (χ2v) is 10.5. The predicted molar refractivity (Wildman–Crippen MR) is 135 cm³/mol. The molecule has 0 radical (unpaired) electrons. The number of nitrogens with zero attached hydrogens (tertiary/aromatic N) is 2. The number of hydrogen-bond donors (Lipinski definition) is 0. The van der Waals surface area contributed by atoms with E-state index in [0.29, 0.717) is 0 Å². The van der Waals surface area contributed by atoms with Crippen LogP contribution in [-0.4, -0.2) is 52.4 Å². The lowest BCUT2D eigenvalue weighted by Crippen LogP contribution is -2.20. The second-order valence-electron chi connectivity index (χ2n) is 10.5. The van der Waals surface area contributed by atoms with Gasteiger partial charge in [0, 0.05) is 23.3 Å². The summed E-state index contributed by atoms with van der Waals surface area (Å²) in [7, 11) is 6.86. The van der Waals surface area contributed by atoms with Gasteiger partial charge in [0.05, 0.1) is 28.4 Å². The van der Waals surface area contributed by atoms with E-state index in [1.807, 2.05) is 0 Å². The van der Waals surface area contributed by atoms with Crippen molar-refractivity contribution < 1.29 is 23.5 Å². The van der Waals surface area contributed by atoms with Gasteiger partial charge >= 0.3 is 0 Å². The molecule has 0 unspecified atom stereocenters. The molecule has 0 atom stereocenters. The Morgan fingerprint density at radius 2 is 1.15 bits per heavy atom. The third-order valence-electron chi connectivity index (χ3n) is 6.10. The van der Waals surface area contributed by atoms with Gasteiger partial charge in [-0.1, -0.05) is 41.5 Å². The van der Waals surface area contributed by atoms with Gasteiger partial charge in [-0.25, -0.2) is 9.48 Å². The zero-order valence-electron chi connectivity index (χ0n) is 21.8. The third kappa shape index (κ3) is 4.90. The predicted octanol–water partition coefficient (Wildman–Crippen LogP) is 5.51. The van der Waals surface area contributed by atoms with Crippen molar-refractivity contribution in [2.75, 3.05) is 46.4 Å². The van der Waals surface area contributed by atoms with Crippen LogP contribution in [0.3, 0.4) is 0 Å². The Morgan fingerprint density at radius 1 is 0.667 bits per heavy atom. The minimum absolute atomic E-state index is 0.0589. The van der Waals surface area contributed by atoms with E-state index in [2.05, 4.69) is 81.6 Å². The molecular weight excluding hydrogens is 416 g/mol. The molecular formula is C27H39N2O4+.